The van der Waals surface area contributed by atoms with E-state index in [1.807, 2.05) is 0 Å². The molecule has 0 amide bonds. The predicted molar refractivity (Wildman–Crippen MR) is 22.8 cm³/mol. The van der Waals surface area contributed by atoms with Crippen molar-refractivity contribution < 1.29 is 63.8 Å². The van der Waals surface area contributed by atoms with Crippen LogP contribution in [0.5, 0.6) is 0 Å². The van der Waals surface area contributed by atoms with E-state index in [-0.39, 0.29) is 63.8 Å². The van der Waals surface area contributed by atoms with E-state index in [4.69, 9.17) is 0 Å². The van der Waals surface area contributed by atoms with Gasteiger partial charge in [0.15, 0.2) is 0 Å². The van der Waals surface area contributed by atoms with E-state index in [1.54, 1.807) is 0 Å². The van der Waals surface area contributed by atoms with Crippen LogP contribution in [0.4, 0.5) is 0 Å². The Labute approximate surface area is 64.2 Å². The van der Waals surface area contributed by atoms with Crippen LogP contribution in [0.3, 0.4) is 0 Å². The van der Waals surface area contributed by atoms with Gasteiger partial charge in [0.25, 0.3) is 0 Å². The van der Waals surface area contributed by atoms with E-state index in [0.717, 1.165) is 0 Å². The predicted octanol–water partition coefficient (Wildman–Crippen LogP) is -7.83. The summed E-state index contributed by atoms with van der Waals surface area (Å²) in [5.41, 5.74) is 0. The quantitative estimate of drug-likeness (QED) is 0.283. The van der Waals surface area contributed by atoms with Crippen molar-refractivity contribution in [2.75, 3.05) is 0 Å². The molecule has 0 aromatic rings. The van der Waals surface area contributed by atoms with Crippen LogP contribution in [-0.4, -0.2) is 32.9 Å². The first kappa shape index (κ1) is 614. The molecule has 50 valence electrons. The summed E-state index contributed by atoms with van der Waals surface area (Å²) in [7, 11) is 0. The van der Waals surface area contributed by atoms with Crippen molar-refractivity contribution >= 4 is 0 Å². The average Bonchev–Trinajstić information content (AvgIpc) is 0. The molecule has 0 fully saturated rings. The summed E-state index contributed by atoms with van der Waals surface area (Å²) in [6.07, 6.45) is 0. The van der Waals surface area contributed by atoms with Crippen LogP contribution < -0.4 is 29.6 Å². The molecule has 0 saturated carbocycles. The summed E-state index contributed by atoms with van der Waals surface area (Å²) < 4.78 is 0. The van der Waals surface area contributed by atoms with Gasteiger partial charge in [-0.25, -0.2) is 0 Å². The van der Waals surface area contributed by atoms with E-state index in [9.17, 15) is 0 Å². The third-order valence-corrected chi connectivity index (χ3v) is 0. The van der Waals surface area contributed by atoms with Crippen molar-refractivity contribution in [3.8, 4) is 0 Å². The molecule has 0 aliphatic heterocycles. The zero-order valence-corrected chi connectivity index (χ0v) is 6.00. The van der Waals surface area contributed by atoms with Gasteiger partial charge in [-0.15, -0.1) is 0 Å². The normalized spacial score (nSPS) is 0. The van der Waals surface area contributed by atoms with Crippen LogP contribution in [0.1, 0.15) is 1.43 Å². The summed E-state index contributed by atoms with van der Waals surface area (Å²) in [4.78, 5) is 0. The molecule has 12 N–H and O–H groups in total. The minimum Gasteiger partial charge on any atom is -1.00 e. The zero-order valence-electron chi connectivity index (χ0n) is 5.00. The fraction of sp³-hybridized carbons (Fsp3) is 0. The van der Waals surface area contributed by atoms with Crippen LogP contribution in [0.25, 0.3) is 0 Å². The van der Waals surface area contributed by atoms with Crippen LogP contribution in [-0.2, 0) is 0 Å². The summed E-state index contributed by atoms with van der Waals surface area (Å²) in [5, 5.41) is 0. The van der Waals surface area contributed by atoms with Gasteiger partial charge in [-0.05, 0) is 0 Å². The van der Waals surface area contributed by atoms with Crippen molar-refractivity contribution in [2.24, 2.45) is 0 Å². The fourth-order valence-electron chi connectivity index (χ4n) is 0. The molecule has 7 heteroatoms. The maximum atomic E-state index is 0. The number of hydrogen-bond donors (Lipinski definition) is 0. The first-order valence-electron chi connectivity index (χ1n) is 0. The van der Waals surface area contributed by atoms with Gasteiger partial charge >= 0.3 is 29.6 Å². The van der Waals surface area contributed by atoms with Crippen LogP contribution in [0, 0.1) is 0 Å². The molecule has 0 spiro atoms. The standard InChI is InChI=1S/Na.6H2O.H/h;6*1H2;/q+1;;;;;;;-1. The van der Waals surface area contributed by atoms with Gasteiger partial charge in [-0.3, -0.25) is 0 Å². The SMILES string of the molecule is O.O.O.O.O.O.[H-].[Na+]. The second-order valence-corrected chi connectivity index (χ2v) is 0. The van der Waals surface area contributed by atoms with Crippen molar-refractivity contribution in [3.05, 3.63) is 0 Å². The van der Waals surface area contributed by atoms with Crippen molar-refractivity contribution in [1.29, 1.82) is 0 Å². The van der Waals surface area contributed by atoms with E-state index in [0.29, 0.717) is 0 Å². The number of rotatable bonds is 0. The van der Waals surface area contributed by atoms with E-state index in [2.05, 4.69) is 0 Å². The molecule has 0 aliphatic carbocycles. The van der Waals surface area contributed by atoms with Crippen LogP contribution >= 0.6 is 0 Å². The molecule has 0 aromatic carbocycles. The first-order chi connectivity index (χ1) is 0. The second kappa shape index (κ2) is 388. The van der Waals surface area contributed by atoms with Gasteiger partial charge in [0.2, 0.25) is 0 Å². The summed E-state index contributed by atoms with van der Waals surface area (Å²) >= 11 is 0. The fourth-order valence-corrected chi connectivity index (χ4v) is 0. The molecule has 0 bridgehead atoms. The summed E-state index contributed by atoms with van der Waals surface area (Å²) in [5.74, 6) is 0. The Kier molecular flexibility index (Phi) is 34100. The molecule has 0 heterocycles. The monoisotopic (exact) mass is 132 g/mol. The minimum absolute atomic E-state index is 0. The Balaban J connectivity index is 0. The van der Waals surface area contributed by atoms with Crippen LogP contribution in [0.2, 0.25) is 0 Å². The van der Waals surface area contributed by atoms with Gasteiger partial charge in [-0.1, -0.05) is 0 Å². The molecule has 0 aromatic heterocycles. The maximum Gasteiger partial charge on any atom is 1.00 e. The zero-order chi connectivity index (χ0) is 0. The van der Waals surface area contributed by atoms with Gasteiger partial charge in [0, 0.05) is 0 Å². The molecule has 0 radical (unpaired) electrons. The van der Waals surface area contributed by atoms with Crippen molar-refractivity contribution in [3.63, 3.8) is 0 Å². The molecular weight excluding hydrogens is 119 g/mol. The summed E-state index contributed by atoms with van der Waals surface area (Å²) in [6.45, 7) is 0. The van der Waals surface area contributed by atoms with Gasteiger partial charge in [0.1, 0.15) is 0 Å². The van der Waals surface area contributed by atoms with Crippen molar-refractivity contribution in [1.82, 2.24) is 0 Å². The molecule has 0 rings (SSSR count). The molecule has 0 aliphatic rings. The minimum atomic E-state index is 0. The molecule has 0 atom stereocenters. The Morgan fingerprint density at radius 3 is 0.429 bits per heavy atom. The van der Waals surface area contributed by atoms with Gasteiger partial charge in [-0.2, -0.15) is 0 Å². The second-order valence-electron chi connectivity index (χ2n) is 0. The summed E-state index contributed by atoms with van der Waals surface area (Å²) in [6, 6.07) is 0. The average molecular weight is 132 g/mol. The van der Waals surface area contributed by atoms with Gasteiger partial charge < -0.3 is 34.3 Å². The first-order valence-corrected chi connectivity index (χ1v) is 0. The molecular formula is H13NaO6. The molecule has 0 unspecified atom stereocenters. The van der Waals surface area contributed by atoms with Crippen LogP contribution in [0.15, 0.2) is 0 Å². The largest absolute Gasteiger partial charge is 1.00 e. The van der Waals surface area contributed by atoms with E-state index >= 15 is 0 Å². The molecule has 6 nitrogen and oxygen atoms in total. The van der Waals surface area contributed by atoms with E-state index in [1.165, 1.54) is 0 Å². The number of hydrogen-bond acceptors (Lipinski definition) is 0. The van der Waals surface area contributed by atoms with Crippen molar-refractivity contribution in [2.45, 2.75) is 0 Å². The Bertz CT molecular complexity index is 8.49. The third kappa shape index (κ3) is 265. The Hall–Kier alpha value is 0.760. The topological polar surface area (TPSA) is 189 Å². The van der Waals surface area contributed by atoms with E-state index < -0.39 is 0 Å². The maximum absolute atomic E-state index is 0. The van der Waals surface area contributed by atoms with Gasteiger partial charge in [0.05, 0.1) is 0 Å². The third-order valence-electron chi connectivity index (χ3n) is 0. The Morgan fingerprint density at radius 1 is 0.429 bits per heavy atom. The smallest absolute Gasteiger partial charge is 1.00 e. The Morgan fingerprint density at radius 2 is 0.429 bits per heavy atom. The molecule has 7 heavy (non-hydrogen) atoms. The molecule has 0 saturated heterocycles.